The number of rotatable bonds is 4. The number of fused-ring (bicyclic) bond motifs is 1. The van der Waals surface area contributed by atoms with Gasteiger partial charge < -0.3 is 9.88 Å². The van der Waals surface area contributed by atoms with Gasteiger partial charge in [-0.25, -0.2) is 8.42 Å². The molecule has 2 heterocycles. The second-order valence-electron chi connectivity index (χ2n) is 7.55. The molecule has 1 aromatic heterocycles. The molecule has 1 saturated heterocycles. The first-order valence-electron chi connectivity index (χ1n) is 9.53. The van der Waals surface area contributed by atoms with Gasteiger partial charge in [0, 0.05) is 27.8 Å². The minimum Gasteiger partial charge on any atom is -0.382 e. The summed E-state index contributed by atoms with van der Waals surface area (Å²) in [6.07, 6.45) is -3.44. The molecule has 1 aliphatic heterocycles. The van der Waals surface area contributed by atoms with Crippen LogP contribution in [0.2, 0.25) is 5.02 Å². The smallest absolute Gasteiger partial charge is 0.382 e. The van der Waals surface area contributed by atoms with Crippen molar-refractivity contribution in [1.82, 2.24) is 4.57 Å². The SMILES string of the molecule is O=S1(=O)CCC(Nc2cccc3c2cc(-c2cccc(Cl)c2)n3CC(F)(F)F)CC1. The highest BCUT2D eigenvalue weighted by Gasteiger charge is 2.31. The number of hydrogen-bond acceptors (Lipinski definition) is 3. The summed E-state index contributed by atoms with van der Waals surface area (Å²) in [5, 5.41) is 4.44. The van der Waals surface area contributed by atoms with Crippen LogP contribution in [0.3, 0.4) is 0 Å². The van der Waals surface area contributed by atoms with Crippen molar-refractivity contribution in [3.8, 4) is 11.3 Å². The first-order valence-corrected chi connectivity index (χ1v) is 11.7. The fraction of sp³-hybridized carbons (Fsp3) is 0.333. The third-order valence-electron chi connectivity index (χ3n) is 5.32. The maximum Gasteiger partial charge on any atom is 0.406 e. The van der Waals surface area contributed by atoms with Gasteiger partial charge in [-0.05, 0) is 48.7 Å². The Hall–Kier alpha value is -2.19. The Morgan fingerprint density at radius 2 is 1.77 bits per heavy atom. The Balaban J connectivity index is 1.78. The molecule has 1 fully saturated rings. The van der Waals surface area contributed by atoms with Gasteiger partial charge in [-0.15, -0.1) is 0 Å². The van der Waals surface area contributed by atoms with Crippen molar-refractivity contribution < 1.29 is 21.6 Å². The Morgan fingerprint density at radius 3 is 2.43 bits per heavy atom. The fourth-order valence-electron chi connectivity index (χ4n) is 3.90. The van der Waals surface area contributed by atoms with Crippen LogP contribution in [0.25, 0.3) is 22.2 Å². The maximum atomic E-state index is 13.3. The van der Waals surface area contributed by atoms with Crippen LogP contribution in [0.5, 0.6) is 0 Å². The Labute approximate surface area is 177 Å². The zero-order valence-corrected chi connectivity index (χ0v) is 17.5. The van der Waals surface area contributed by atoms with Crippen LogP contribution in [0, 0.1) is 0 Å². The van der Waals surface area contributed by atoms with E-state index in [1.54, 1.807) is 42.5 Å². The van der Waals surface area contributed by atoms with Gasteiger partial charge in [0.15, 0.2) is 0 Å². The first-order chi connectivity index (χ1) is 14.1. The van der Waals surface area contributed by atoms with Gasteiger partial charge in [0.25, 0.3) is 0 Å². The zero-order chi connectivity index (χ0) is 21.5. The highest BCUT2D eigenvalue weighted by atomic mass is 35.5. The highest BCUT2D eigenvalue weighted by Crippen LogP contribution is 2.36. The number of nitrogens with zero attached hydrogens (tertiary/aromatic N) is 1. The van der Waals surface area contributed by atoms with E-state index in [0.29, 0.717) is 45.7 Å². The monoisotopic (exact) mass is 456 g/mol. The van der Waals surface area contributed by atoms with Crippen LogP contribution in [-0.4, -0.2) is 36.7 Å². The van der Waals surface area contributed by atoms with E-state index in [2.05, 4.69) is 5.32 Å². The number of benzene rings is 2. The van der Waals surface area contributed by atoms with Crippen LogP contribution in [0.15, 0.2) is 48.5 Å². The number of alkyl halides is 3. The number of hydrogen-bond donors (Lipinski definition) is 1. The van der Waals surface area contributed by atoms with Gasteiger partial charge in [0.2, 0.25) is 0 Å². The molecule has 0 aliphatic carbocycles. The molecule has 0 bridgehead atoms. The van der Waals surface area contributed by atoms with Gasteiger partial charge in [-0.1, -0.05) is 29.8 Å². The van der Waals surface area contributed by atoms with Crippen LogP contribution >= 0.6 is 11.6 Å². The lowest BCUT2D eigenvalue weighted by molar-refractivity contribution is -0.139. The van der Waals surface area contributed by atoms with Crippen molar-refractivity contribution in [2.45, 2.75) is 31.6 Å². The molecule has 0 amide bonds. The van der Waals surface area contributed by atoms with Gasteiger partial charge in [0.1, 0.15) is 16.4 Å². The van der Waals surface area contributed by atoms with Crippen molar-refractivity contribution >= 4 is 38.0 Å². The molecule has 4 rings (SSSR count). The average Bonchev–Trinajstić information content (AvgIpc) is 3.01. The average molecular weight is 457 g/mol. The molecule has 0 atom stereocenters. The third kappa shape index (κ3) is 4.59. The Bertz CT molecular complexity index is 1170. The van der Waals surface area contributed by atoms with Crippen molar-refractivity contribution in [1.29, 1.82) is 0 Å². The van der Waals surface area contributed by atoms with E-state index in [0.717, 1.165) is 0 Å². The van der Waals surface area contributed by atoms with Gasteiger partial charge in [-0.2, -0.15) is 13.2 Å². The minimum atomic E-state index is -4.39. The lowest BCUT2D eigenvalue weighted by atomic mass is 10.1. The molecule has 1 N–H and O–H groups in total. The van der Waals surface area contributed by atoms with Crippen molar-refractivity contribution in [2.75, 3.05) is 16.8 Å². The van der Waals surface area contributed by atoms with E-state index in [1.165, 1.54) is 4.57 Å². The molecule has 0 radical (unpaired) electrons. The summed E-state index contributed by atoms with van der Waals surface area (Å²) in [4.78, 5) is 0. The molecule has 0 spiro atoms. The summed E-state index contributed by atoms with van der Waals surface area (Å²) in [6, 6.07) is 13.6. The van der Waals surface area contributed by atoms with Crippen LogP contribution < -0.4 is 5.32 Å². The van der Waals surface area contributed by atoms with E-state index >= 15 is 0 Å². The molecule has 2 aromatic carbocycles. The second-order valence-corrected chi connectivity index (χ2v) is 10.3. The number of aromatic nitrogens is 1. The molecule has 1 aliphatic rings. The molecule has 3 aromatic rings. The molecule has 9 heteroatoms. The predicted octanol–water partition coefficient (Wildman–Crippen LogP) is 5.51. The van der Waals surface area contributed by atoms with Crippen molar-refractivity contribution in [3.63, 3.8) is 0 Å². The van der Waals surface area contributed by atoms with Gasteiger partial charge >= 0.3 is 6.18 Å². The highest BCUT2D eigenvalue weighted by molar-refractivity contribution is 7.91. The normalized spacial score (nSPS) is 17.3. The third-order valence-corrected chi connectivity index (χ3v) is 7.27. The number of anilines is 1. The summed E-state index contributed by atoms with van der Waals surface area (Å²) >= 11 is 6.07. The Kier molecular flexibility index (Phi) is 5.48. The fourth-order valence-corrected chi connectivity index (χ4v) is 5.58. The molecule has 0 unspecified atom stereocenters. The van der Waals surface area contributed by atoms with Crippen molar-refractivity contribution in [2.24, 2.45) is 0 Å². The van der Waals surface area contributed by atoms with Crippen LogP contribution in [0.1, 0.15) is 12.8 Å². The Morgan fingerprint density at radius 1 is 1.07 bits per heavy atom. The molecule has 4 nitrogen and oxygen atoms in total. The number of nitrogens with one attached hydrogen (secondary N) is 1. The van der Waals surface area contributed by atoms with Crippen LogP contribution in [-0.2, 0) is 16.4 Å². The molecular weight excluding hydrogens is 437 g/mol. The number of sulfone groups is 1. The van der Waals surface area contributed by atoms with Gasteiger partial charge in [0.05, 0.1) is 17.0 Å². The summed E-state index contributed by atoms with van der Waals surface area (Å²) < 4.78 is 64.6. The van der Waals surface area contributed by atoms with E-state index in [4.69, 9.17) is 11.6 Å². The first kappa shape index (κ1) is 21.1. The van der Waals surface area contributed by atoms with Gasteiger partial charge in [-0.3, -0.25) is 0 Å². The second kappa shape index (κ2) is 7.81. The minimum absolute atomic E-state index is 0.0419. The van der Waals surface area contributed by atoms with Crippen LogP contribution in [0.4, 0.5) is 18.9 Å². The lowest BCUT2D eigenvalue weighted by Crippen LogP contribution is -2.32. The maximum absolute atomic E-state index is 13.3. The van der Waals surface area contributed by atoms with Crippen molar-refractivity contribution in [3.05, 3.63) is 53.6 Å². The largest absolute Gasteiger partial charge is 0.406 e. The summed E-state index contributed by atoms with van der Waals surface area (Å²) in [5.74, 6) is 0.229. The zero-order valence-electron chi connectivity index (χ0n) is 15.9. The van der Waals surface area contributed by atoms with E-state index < -0.39 is 22.6 Å². The van der Waals surface area contributed by atoms with E-state index in [1.807, 2.05) is 6.07 Å². The number of halogens is 4. The van der Waals surface area contributed by atoms with E-state index in [9.17, 15) is 21.6 Å². The molecule has 160 valence electrons. The molecule has 30 heavy (non-hydrogen) atoms. The summed E-state index contributed by atoms with van der Waals surface area (Å²) in [5.41, 5.74) is 2.17. The predicted molar refractivity (Wildman–Crippen MR) is 114 cm³/mol. The molecular formula is C21H20ClF3N2O2S. The summed E-state index contributed by atoms with van der Waals surface area (Å²) in [6.45, 7) is -1.12. The van der Waals surface area contributed by atoms with E-state index in [-0.39, 0.29) is 17.5 Å². The topological polar surface area (TPSA) is 51.1 Å². The molecule has 0 saturated carbocycles. The lowest BCUT2D eigenvalue weighted by Gasteiger charge is -2.24. The quantitative estimate of drug-likeness (QED) is 0.563. The summed E-state index contributed by atoms with van der Waals surface area (Å²) in [7, 11) is -3.00. The standard InChI is InChI=1S/C21H20ClF3N2O2S/c22-15-4-1-3-14(11-15)20-12-17-18(26-16-7-9-30(28,29)10-8-16)5-2-6-19(17)27(20)13-21(23,24)25/h1-6,11-12,16,26H,7-10,13H2.